The second-order valence-corrected chi connectivity index (χ2v) is 8.76. The summed E-state index contributed by atoms with van der Waals surface area (Å²) in [6.07, 6.45) is -0.913. The van der Waals surface area contributed by atoms with E-state index in [0.29, 0.717) is 22.9 Å². The lowest BCUT2D eigenvalue weighted by Gasteiger charge is -2.24. The number of carbonyl (C=O) groups excluding carboxylic acids is 3. The standard InChI is InChI=1S/C21H23NO6S/c1-21(2,3)20(25)22-10-13-8-9-18(29-13)14(23)11-27-19(24)17-12-26-15-6-4-5-7-16(15)28-17/h4-9,17H,10-12H2,1-3H3,(H,22,25)/t17-/m0/s1. The van der Waals surface area contributed by atoms with Crippen LogP contribution in [0.1, 0.15) is 35.3 Å². The summed E-state index contributed by atoms with van der Waals surface area (Å²) in [5, 5.41) is 2.84. The van der Waals surface area contributed by atoms with Gasteiger partial charge in [-0.15, -0.1) is 11.3 Å². The Labute approximate surface area is 173 Å². The third-order valence-electron chi connectivity index (χ3n) is 4.16. The Morgan fingerprint density at radius 3 is 2.59 bits per heavy atom. The van der Waals surface area contributed by atoms with Crippen molar-refractivity contribution in [3.05, 3.63) is 46.2 Å². The third-order valence-corrected chi connectivity index (χ3v) is 5.28. The van der Waals surface area contributed by atoms with E-state index < -0.39 is 17.5 Å². The minimum atomic E-state index is -0.913. The average Bonchev–Trinajstić information content (AvgIpc) is 3.18. The zero-order valence-corrected chi connectivity index (χ0v) is 17.3. The molecule has 0 bridgehead atoms. The Bertz CT molecular complexity index is 914. The predicted octanol–water partition coefficient (Wildman–Crippen LogP) is 2.98. The van der Waals surface area contributed by atoms with Gasteiger partial charge in [-0.1, -0.05) is 32.9 Å². The summed E-state index contributed by atoms with van der Waals surface area (Å²) >= 11 is 1.26. The van der Waals surface area contributed by atoms with Crippen molar-refractivity contribution in [2.75, 3.05) is 13.2 Å². The van der Waals surface area contributed by atoms with E-state index >= 15 is 0 Å². The summed E-state index contributed by atoms with van der Waals surface area (Å²) in [4.78, 5) is 37.7. The Hall–Kier alpha value is -2.87. The van der Waals surface area contributed by atoms with E-state index in [9.17, 15) is 14.4 Å². The topological polar surface area (TPSA) is 90.9 Å². The molecule has 1 aliphatic rings. The number of thiophene rings is 1. The van der Waals surface area contributed by atoms with Crippen LogP contribution in [0.15, 0.2) is 36.4 Å². The van der Waals surface area contributed by atoms with Crippen LogP contribution >= 0.6 is 11.3 Å². The number of rotatable bonds is 6. The number of fused-ring (bicyclic) bond motifs is 1. The zero-order valence-electron chi connectivity index (χ0n) is 16.5. The fraction of sp³-hybridized carbons (Fsp3) is 0.381. The van der Waals surface area contributed by atoms with E-state index in [1.54, 1.807) is 30.3 Å². The van der Waals surface area contributed by atoms with E-state index in [2.05, 4.69) is 5.32 Å². The molecule has 1 atom stereocenters. The maximum atomic E-state index is 12.3. The summed E-state index contributed by atoms with van der Waals surface area (Å²) in [6.45, 7) is 5.50. The van der Waals surface area contributed by atoms with Crippen LogP contribution in [0.2, 0.25) is 0 Å². The predicted molar refractivity (Wildman–Crippen MR) is 107 cm³/mol. The number of carbonyl (C=O) groups is 3. The van der Waals surface area contributed by atoms with Gasteiger partial charge < -0.3 is 19.5 Å². The number of hydrogen-bond acceptors (Lipinski definition) is 7. The van der Waals surface area contributed by atoms with Crippen molar-refractivity contribution >= 4 is 29.0 Å². The molecular weight excluding hydrogens is 394 g/mol. The smallest absolute Gasteiger partial charge is 0.351 e. The van der Waals surface area contributed by atoms with E-state index in [4.69, 9.17) is 14.2 Å². The number of nitrogens with one attached hydrogen (secondary N) is 1. The molecule has 1 aliphatic heterocycles. The molecule has 3 rings (SSSR count). The number of para-hydroxylation sites is 2. The van der Waals surface area contributed by atoms with Crippen LogP contribution in [0.3, 0.4) is 0 Å². The van der Waals surface area contributed by atoms with Gasteiger partial charge in [0.2, 0.25) is 17.8 Å². The average molecular weight is 417 g/mol. The largest absolute Gasteiger partial charge is 0.485 e. The van der Waals surface area contributed by atoms with Gasteiger partial charge in [0, 0.05) is 10.3 Å². The van der Waals surface area contributed by atoms with Crippen molar-refractivity contribution in [1.82, 2.24) is 5.32 Å². The van der Waals surface area contributed by atoms with E-state index in [-0.39, 0.29) is 24.9 Å². The van der Waals surface area contributed by atoms with Crippen LogP contribution in [0, 0.1) is 5.41 Å². The number of hydrogen-bond donors (Lipinski definition) is 1. The maximum Gasteiger partial charge on any atom is 0.351 e. The molecule has 0 saturated carbocycles. The van der Waals surface area contributed by atoms with Gasteiger partial charge in [-0.3, -0.25) is 9.59 Å². The molecule has 154 valence electrons. The summed E-state index contributed by atoms with van der Waals surface area (Å²) in [7, 11) is 0. The Kier molecular flexibility index (Phi) is 6.22. The van der Waals surface area contributed by atoms with E-state index in [0.717, 1.165) is 4.88 Å². The zero-order chi connectivity index (χ0) is 21.0. The lowest BCUT2D eigenvalue weighted by atomic mass is 9.96. The molecule has 0 radical (unpaired) electrons. The van der Waals surface area contributed by atoms with Crippen LogP contribution in [-0.4, -0.2) is 37.0 Å². The molecule has 0 aliphatic carbocycles. The van der Waals surface area contributed by atoms with Crippen molar-refractivity contribution in [3.8, 4) is 11.5 Å². The molecule has 0 unspecified atom stereocenters. The van der Waals surface area contributed by atoms with Gasteiger partial charge in [0.05, 0.1) is 11.4 Å². The van der Waals surface area contributed by atoms with Crippen molar-refractivity contribution in [3.63, 3.8) is 0 Å². The Morgan fingerprint density at radius 2 is 1.86 bits per heavy atom. The van der Waals surface area contributed by atoms with Gasteiger partial charge in [0.25, 0.3) is 0 Å². The van der Waals surface area contributed by atoms with Gasteiger partial charge in [-0.05, 0) is 24.3 Å². The molecule has 1 aromatic heterocycles. The fourth-order valence-electron chi connectivity index (χ4n) is 2.49. The SMILES string of the molecule is CC(C)(C)C(=O)NCc1ccc(C(=O)COC(=O)[C@@H]2COc3ccccc3O2)s1. The minimum Gasteiger partial charge on any atom is -0.485 e. The van der Waals surface area contributed by atoms with Crippen LogP contribution in [0.4, 0.5) is 0 Å². The summed E-state index contributed by atoms with van der Waals surface area (Å²) in [5.41, 5.74) is -0.477. The highest BCUT2D eigenvalue weighted by molar-refractivity contribution is 7.14. The number of Topliss-reactive ketones (excluding diaryl/α,β-unsaturated/α-hetero) is 1. The molecule has 0 spiro atoms. The van der Waals surface area contributed by atoms with E-state index in [1.807, 2.05) is 26.8 Å². The number of benzene rings is 1. The first-order valence-electron chi connectivity index (χ1n) is 9.19. The van der Waals surface area contributed by atoms with Crippen molar-refractivity contribution in [1.29, 1.82) is 0 Å². The highest BCUT2D eigenvalue weighted by atomic mass is 32.1. The minimum absolute atomic E-state index is 0.0284. The number of esters is 1. The van der Waals surface area contributed by atoms with Gasteiger partial charge >= 0.3 is 5.97 Å². The van der Waals surface area contributed by atoms with Gasteiger partial charge in [0.15, 0.2) is 18.1 Å². The summed E-state index contributed by atoms with van der Waals surface area (Å²) in [6, 6.07) is 10.5. The monoisotopic (exact) mass is 417 g/mol. The number of ether oxygens (including phenoxy) is 3. The second kappa shape index (κ2) is 8.65. The lowest BCUT2D eigenvalue weighted by Crippen LogP contribution is -2.38. The van der Waals surface area contributed by atoms with Crippen LogP contribution in [0.25, 0.3) is 0 Å². The maximum absolute atomic E-state index is 12.3. The molecular formula is C21H23NO6S. The van der Waals surface area contributed by atoms with Gasteiger partial charge in [-0.2, -0.15) is 0 Å². The Balaban J connectivity index is 1.48. The van der Waals surface area contributed by atoms with Crippen LogP contribution < -0.4 is 14.8 Å². The van der Waals surface area contributed by atoms with Crippen molar-refractivity contribution in [2.24, 2.45) is 5.41 Å². The molecule has 29 heavy (non-hydrogen) atoms. The highest BCUT2D eigenvalue weighted by Gasteiger charge is 2.29. The second-order valence-electron chi connectivity index (χ2n) is 7.59. The molecule has 0 saturated heterocycles. The molecule has 1 N–H and O–H groups in total. The quantitative estimate of drug-likeness (QED) is 0.574. The van der Waals surface area contributed by atoms with Crippen molar-refractivity contribution in [2.45, 2.75) is 33.4 Å². The first kappa shape index (κ1) is 20.9. The highest BCUT2D eigenvalue weighted by Crippen LogP contribution is 2.31. The third kappa shape index (κ3) is 5.35. The fourth-order valence-corrected chi connectivity index (χ4v) is 3.36. The normalized spacial score (nSPS) is 15.5. The van der Waals surface area contributed by atoms with Crippen LogP contribution in [-0.2, 0) is 20.9 Å². The van der Waals surface area contributed by atoms with E-state index in [1.165, 1.54) is 11.3 Å². The van der Waals surface area contributed by atoms with Gasteiger partial charge in [0.1, 0.15) is 6.61 Å². The first-order valence-corrected chi connectivity index (χ1v) is 10.0. The number of ketones is 1. The molecule has 8 heteroatoms. The lowest BCUT2D eigenvalue weighted by molar-refractivity contribution is -0.153. The summed E-state index contributed by atoms with van der Waals surface area (Å²) in [5.74, 6) is 0.00412. The van der Waals surface area contributed by atoms with Crippen LogP contribution in [0.5, 0.6) is 11.5 Å². The number of amides is 1. The van der Waals surface area contributed by atoms with Gasteiger partial charge in [-0.25, -0.2) is 4.79 Å². The molecule has 7 nitrogen and oxygen atoms in total. The first-order chi connectivity index (χ1) is 13.7. The molecule has 1 amide bonds. The Morgan fingerprint density at radius 1 is 1.14 bits per heavy atom. The van der Waals surface area contributed by atoms with Crippen molar-refractivity contribution < 1.29 is 28.6 Å². The molecule has 0 fully saturated rings. The molecule has 2 heterocycles. The molecule has 1 aromatic carbocycles. The summed E-state index contributed by atoms with van der Waals surface area (Å²) < 4.78 is 16.2. The molecule has 2 aromatic rings.